The van der Waals surface area contributed by atoms with Crippen LogP contribution in [0.4, 0.5) is 4.79 Å². The van der Waals surface area contributed by atoms with Crippen molar-refractivity contribution >= 4 is 23.0 Å². The van der Waals surface area contributed by atoms with Gasteiger partial charge in [-0.2, -0.15) is 0 Å². The van der Waals surface area contributed by atoms with Gasteiger partial charge in [0.25, 0.3) is 0 Å². The molecule has 1 aromatic heterocycles. The summed E-state index contributed by atoms with van der Waals surface area (Å²) in [5.41, 5.74) is 3.52. The molecule has 0 aliphatic rings. The smallest absolute Gasteiger partial charge is 0.408 e. The molecule has 168 valence electrons. The average Bonchev–Trinajstić information content (AvgIpc) is 3.25. The summed E-state index contributed by atoms with van der Waals surface area (Å²) in [6.45, 7) is -0.115. The second kappa shape index (κ2) is 9.91. The van der Waals surface area contributed by atoms with Crippen molar-refractivity contribution in [3.8, 4) is 16.9 Å². The Morgan fingerprint density at radius 2 is 1.70 bits per heavy atom. The van der Waals surface area contributed by atoms with E-state index in [2.05, 4.69) is 5.32 Å². The van der Waals surface area contributed by atoms with Crippen molar-refractivity contribution in [2.75, 3.05) is 7.11 Å². The van der Waals surface area contributed by atoms with E-state index in [1.807, 2.05) is 60.7 Å². The molecule has 0 aliphatic heterocycles. The highest BCUT2D eigenvalue weighted by molar-refractivity contribution is 5.84. The van der Waals surface area contributed by atoms with E-state index >= 15 is 0 Å². The van der Waals surface area contributed by atoms with Crippen LogP contribution in [0.25, 0.3) is 22.1 Å². The van der Waals surface area contributed by atoms with Crippen molar-refractivity contribution in [2.45, 2.75) is 19.1 Å². The van der Waals surface area contributed by atoms with Crippen molar-refractivity contribution < 1.29 is 28.6 Å². The van der Waals surface area contributed by atoms with Gasteiger partial charge in [-0.1, -0.05) is 48.5 Å². The number of benzene rings is 3. The number of carbonyl (C=O) groups excluding carboxylic acids is 1. The van der Waals surface area contributed by atoms with Gasteiger partial charge in [-0.25, -0.2) is 9.59 Å². The number of fused-ring (bicyclic) bond motifs is 1. The zero-order chi connectivity index (χ0) is 23.2. The quantitative estimate of drug-likeness (QED) is 0.395. The van der Waals surface area contributed by atoms with E-state index in [-0.39, 0.29) is 13.0 Å². The number of methoxy groups -OCH3 is 1. The minimum absolute atomic E-state index is 0.115. The number of hydrogen-bond donors (Lipinski definition) is 2. The van der Waals surface area contributed by atoms with E-state index in [0.717, 1.165) is 27.8 Å². The molecule has 1 heterocycles. The topological polar surface area (TPSA) is 98.0 Å². The Hall–Kier alpha value is -4.26. The minimum Gasteiger partial charge on any atom is -0.497 e. The van der Waals surface area contributed by atoms with E-state index in [9.17, 15) is 14.7 Å². The number of alkyl carbamates (subject to hydrolysis) is 1. The Morgan fingerprint density at radius 1 is 0.970 bits per heavy atom. The van der Waals surface area contributed by atoms with Crippen molar-refractivity contribution in [1.29, 1.82) is 0 Å². The van der Waals surface area contributed by atoms with Gasteiger partial charge in [-0.3, -0.25) is 0 Å². The van der Waals surface area contributed by atoms with Crippen LogP contribution >= 0.6 is 0 Å². The third-order valence-corrected chi connectivity index (χ3v) is 5.21. The summed E-state index contributed by atoms with van der Waals surface area (Å²) in [5, 5.41) is 12.7. The van der Waals surface area contributed by atoms with Gasteiger partial charge < -0.3 is 24.3 Å². The maximum atomic E-state index is 12.2. The van der Waals surface area contributed by atoms with Crippen LogP contribution in [0.1, 0.15) is 11.3 Å². The van der Waals surface area contributed by atoms with Crippen LogP contribution < -0.4 is 10.1 Å². The first kappa shape index (κ1) is 22.0. The number of carboxylic acids is 1. The van der Waals surface area contributed by atoms with E-state index < -0.39 is 18.1 Å². The van der Waals surface area contributed by atoms with Crippen LogP contribution in [0.5, 0.6) is 5.75 Å². The lowest BCUT2D eigenvalue weighted by Gasteiger charge is -2.14. The standard InChI is InChI=1S/C26H23NO6/c1-31-21-10-7-18(8-11-21)19-9-12-24-20(14-19)15-22(33-24)16-32-26(30)27-23(25(28)29)13-17-5-3-2-4-6-17/h2-12,14-15,23H,13,16H2,1H3,(H,27,30)(H,28,29). The molecule has 4 aromatic rings. The van der Waals surface area contributed by atoms with Crippen molar-refractivity contribution in [1.82, 2.24) is 5.32 Å². The normalized spacial score (nSPS) is 11.7. The fourth-order valence-electron chi connectivity index (χ4n) is 3.50. The molecule has 0 radical (unpaired) electrons. The van der Waals surface area contributed by atoms with Gasteiger partial charge in [0, 0.05) is 11.8 Å². The largest absolute Gasteiger partial charge is 0.497 e. The molecule has 0 spiro atoms. The van der Waals surface area contributed by atoms with Gasteiger partial charge in [-0.15, -0.1) is 0 Å². The van der Waals surface area contributed by atoms with E-state index in [1.54, 1.807) is 25.3 Å². The van der Waals surface area contributed by atoms with Crippen LogP contribution in [0.3, 0.4) is 0 Å². The van der Waals surface area contributed by atoms with Crippen LogP contribution in [0.15, 0.2) is 83.3 Å². The molecule has 1 amide bonds. The number of hydrogen-bond acceptors (Lipinski definition) is 5. The van der Waals surface area contributed by atoms with Gasteiger partial charge in [-0.05, 0) is 47.0 Å². The van der Waals surface area contributed by atoms with Crippen molar-refractivity contribution in [3.05, 3.63) is 90.2 Å². The Bertz CT molecular complexity index is 1250. The third kappa shape index (κ3) is 5.51. The monoisotopic (exact) mass is 445 g/mol. The molecule has 1 atom stereocenters. The molecule has 7 heteroatoms. The molecule has 3 aromatic carbocycles. The number of amides is 1. The van der Waals surface area contributed by atoms with Gasteiger partial charge in [0.2, 0.25) is 0 Å². The molecule has 2 N–H and O–H groups in total. The second-order valence-electron chi connectivity index (χ2n) is 7.49. The first-order valence-corrected chi connectivity index (χ1v) is 10.4. The Labute approximate surface area is 190 Å². The van der Waals surface area contributed by atoms with Gasteiger partial charge in [0.1, 0.15) is 23.1 Å². The lowest BCUT2D eigenvalue weighted by Crippen LogP contribution is -2.42. The molecule has 0 saturated carbocycles. The maximum Gasteiger partial charge on any atom is 0.408 e. The summed E-state index contributed by atoms with van der Waals surface area (Å²) in [4.78, 5) is 23.7. The SMILES string of the molecule is COc1ccc(-c2ccc3oc(COC(=O)NC(Cc4ccccc4)C(=O)O)cc3c2)cc1. The van der Waals surface area contributed by atoms with E-state index in [4.69, 9.17) is 13.9 Å². The molecular weight excluding hydrogens is 422 g/mol. The number of furan rings is 1. The molecule has 4 rings (SSSR count). The number of carboxylic acid groups (broad SMARTS) is 1. The Balaban J connectivity index is 1.39. The third-order valence-electron chi connectivity index (χ3n) is 5.21. The number of rotatable bonds is 8. The van der Waals surface area contributed by atoms with Crippen LogP contribution in [0.2, 0.25) is 0 Å². The highest BCUT2D eigenvalue weighted by Gasteiger charge is 2.21. The lowest BCUT2D eigenvalue weighted by molar-refractivity contribution is -0.139. The number of nitrogens with one attached hydrogen (secondary N) is 1. The van der Waals surface area contributed by atoms with Crippen LogP contribution in [0, 0.1) is 0 Å². The molecule has 0 fully saturated rings. The summed E-state index contributed by atoms with van der Waals surface area (Å²) in [7, 11) is 1.63. The second-order valence-corrected chi connectivity index (χ2v) is 7.49. The molecule has 0 aliphatic carbocycles. The molecule has 33 heavy (non-hydrogen) atoms. The van der Waals surface area contributed by atoms with Crippen LogP contribution in [-0.2, 0) is 22.6 Å². The van der Waals surface area contributed by atoms with E-state index in [0.29, 0.717) is 11.3 Å². The molecule has 0 saturated heterocycles. The number of ether oxygens (including phenoxy) is 2. The summed E-state index contributed by atoms with van der Waals surface area (Å²) in [6, 6.07) is 23.3. The number of aliphatic carboxylic acids is 1. The minimum atomic E-state index is -1.13. The zero-order valence-electron chi connectivity index (χ0n) is 18.0. The van der Waals surface area contributed by atoms with Gasteiger partial charge in [0.15, 0.2) is 6.61 Å². The summed E-state index contributed by atoms with van der Waals surface area (Å²) >= 11 is 0. The highest BCUT2D eigenvalue weighted by atomic mass is 16.6. The Kier molecular flexibility index (Phi) is 6.59. The van der Waals surface area contributed by atoms with Crippen molar-refractivity contribution in [3.63, 3.8) is 0 Å². The molecule has 0 bridgehead atoms. The summed E-state index contributed by atoms with van der Waals surface area (Å²) in [5.74, 6) is 0.113. The average molecular weight is 445 g/mol. The highest BCUT2D eigenvalue weighted by Crippen LogP contribution is 2.28. The zero-order valence-corrected chi connectivity index (χ0v) is 18.0. The van der Waals surface area contributed by atoms with Crippen LogP contribution in [-0.4, -0.2) is 30.3 Å². The molecular formula is C26H23NO6. The predicted molar refractivity (Wildman–Crippen MR) is 123 cm³/mol. The summed E-state index contributed by atoms with van der Waals surface area (Å²) in [6.07, 6.45) is -0.665. The first-order valence-electron chi connectivity index (χ1n) is 10.4. The van der Waals surface area contributed by atoms with Crippen molar-refractivity contribution in [2.24, 2.45) is 0 Å². The maximum absolute atomic E-state index is 12.2. The Morgan fingerprint density at radius 3 is 2.39 bits per heavy atom. The van der Waals surface area contributed by atoms with Gasteiger partial charge >= 0.3 is 12.1 Å². The fraction of sp³-hybridized carbons (Fsp3) is 0.154. The fourth-order valence-corrected chi connectivity index (χ4v) is 3.50. The summed E-state index contributed by atoms with van der Waals surface area (Å²) < 4.78 is 16.1. The number of carbonyl (C=O) groups is 2. The van der Waals surface area contributed by atoms with E-state index in [1.165, 1.54) is 0 Å². The first-order chi connectivity index (χ1) is 16.0. The predicted octanol–water partition coefficient (Wildman–Crippen LogP) is 5.03. The van der Waals surface area contributed by atoms with Gasteiger partial charge in [0.05, 0.1) is 7.11 Å². The lowest BCUT2D eigenvalue weighted by atomic mass is 10.0. The molecule has 7 nitrogen and oxygen atoms in total. The molecule has 1 unspecified atom stereocenters.